The first kappa shape index (κ1) is 12.0. The molecule has 0 heterocycles. The van der Waals surface area contributed by atoms with Crippen LogP contribution in [0.2, 0.25) is 0 Å². The standard InChI is InChI=1S/C11H24N2O/c1-2-6-12-7-8-13(9-10-14)11-4-3-5-11/h11-12,14H,2-10H2,1H3. The summed E-state index contributed by atoms with van der Waals surface area (Å²) in [5, 5.41) is 12.3. The van der Waals surface area contributed by atoms with Crippen molar-refractivity contribution in [2.75, 3.05) is 32.8 Å². The molecule has 1 rings (SSSR count). The molecule has 1 saturated carbocycles. The van der Waals surface area contributed by atoms with Crippen LogP contribution in [0.15, 0.2) is 0 Å². The van der Waals surface area contributed by atoms with E-state index in [2.05, 4.69) is 17.1 Å². The second-order valence-electron chi connectivity index (χ2n) is 4.09. The topological polar surface area (TPSA) is 35.5 Å². The summed E-state index contributed by atoms with van der Waals surface area (Å²) in [5.41, 5.74) is 0. The molecule has 0 saturated heterocycles. The third-order valence-electron chi connectivity index (χ3n) is 2.98. The van der Waals surface area contributed by atoms with Crippen molar-refractivity contribution in [1.29, 1.82) is 0 Å². The van der Waals surface area contributed by atoms with E-state index in [1.165, 1.54) is 25.7 Å². The summed E-state index contributed by atoms with van der Waals surface area (Å²) in [6, 6.07) is 0.755. The molecule has 0 unspecified atom stereocenters. The van der Waals surface area contributed by atoms with Gasteiger partial charge < -0.3 is 10.4 Å². The maximum absolute atomic E-state index is 8.95. The lowest BCUT2D eigenvalue weighted by Crippen LogP contribution is -2.44. The third-order valence-corrected chi connectivity index (χ3v) is 2.98. The molecule has 0 amide bonds. The molecule has 1 aliphatic carbocycles. The van der Waals surface area contributed by atoms with E-state index in [4.69, 9.17) is 5.11 Å². The lowest BCUT2D eigenvalue weighted by molar-refractivity contribution is 0.102. The predicted molar refractivity (Wildman–Crippen MR) is 59.5 cm³/mol. The van der Waals surface area contributed by atoms with Gasteiger partial charge in [0.2, 0.25) is 0 Å². The van der Waals surface area contributed by atoms with Gasteiger partial charge in [-0.25, -0.2) is 0 Å². The fraction of sp³-hybridized carbons (Fsp3) is 1.00. The molecule has 3 nitrogen and oxygen atoms in total. The van der Waals surface area contributed by atoms with E-state index in [0.29, 0.717) is 6.61 Å². The third kappa shape index (κ3) is 3.95. The lowest BCUT2D eigenvalue weighted by Gasteiger charge is -2.37. The molecule has 84 valence electrons. The summed E-state index contributed by atoms with van der Waals surface area (Å²) in [6.45, 7) is 6.58. The van der Waals surface area contributed by atoms with Crippen LogP contribution in [0.25, 0.3) is 0 Å². The van der Waals surface area contributed by atoms with E-state index in [0.717, 1.165) is 32.2 Å². The summed E-state index contributed by atoms with van der Waals surface area (Å²) in [7, 11) is 0. The summed E-state index contributed by atoms with van der Waals surface area (Å²) < 4.78 is 0. The van der Waals surface area contributed by atoms with E-state index in [-0.39, 0.29) is 0 Å². The Morgan fingerprint density at radius 3 is 2.57 bits per heavy atom. The molecule has 0 aromatic carbocycles. The van der Waals surface area contributed by atoms with Gasteiger partial charge in [-0.2, -0.15) is 0 Å². The summed E-state index contributed by atoms with van der Waals surface area (Å²) in [4.78, 5) is 2.42. The van der Waals surface area contributed by atoms with E-state index < -0.39 is 0 Å². The summed E-state index contributed by atoms with van der Waals surface area (Å²) in [6.07, 6.45) is 5.22. The van der Waals surface area contributed by atoms with Crippen molar-refractivity contribution < 1.29 is 5.11 Å². The largest absolute Gasteiger partial charge is 0.395 e. The Hall–Kier alpha value is -0.120. The average Bonchev–Trinajstić information content (AvgIpc) is 2.10. The second kappa shape index (κ2) is 7.21. The van der Waals surface area contributed by atoms with Gasteiger partial charge in [0, 0.05) is 25.7 Å². The van der Waals surface area contributed by atoms with Crippen LogP contribution in [0, 0.1) is 0 Å². The van der Waals surface area contributed by atoms with Crippen molar-refractivity contribution in [3.8, 4) is 0 Å². The molecule has 1 aliphatic rings. The Labute approximate surface area is 87.5 Å². The second-order valence-corrected chi connectivity index (χ2v) is 4.09. The number of hydrogen-bond donors (Lipinski definition) is 2. The zero-order valence-corrected chi connectivity index (χ0v) is 9.34. The highest BCUT2D eigenvalue weighted by Crippen LogP contribution is 2.23. The van der Waals surface area contributed by atoms with Crippen molar-refractivity contribution in [2.45, 2.75) is 38.6 Å². The van der Waals surface area contributed by atoms with Crippen molar-refractivity contribution in [1.82, 2.24) is 10.2 Å². The van der Waals surface area contributed by atoms with Crippen LogP contribution in [0.1, 0.15) is 32.6 Å². The highest BCUT2D eigenvalue weighted by Gasteiger charge is 2.23. The van der Waals surface area contributed by atoms with Crippen LogP contribution in [0.3, 0.4) is 0 Å². The van der Waals surface area contributed by atoms with Crippen LogP contribution in [0.4, 0.5) is 0 Å². The van der Waals surface area contributed by atoms with E-state index in [1.54, 1.807) is 0 Å². The van der Waals surface area contributed by atoms with E-state index >= 15 is 0 Å². The number of rotatable bonds is 8. The van der Waals surface area contributed by atoms with Crippen molar-refractivity contribution in [3.63, 3.8) is 0 Å². The van der Waals surface area contributed by atoms with Crippen molar-refractivity contribution >= 4 is 0 Å². The Balaban J connectivity index is 2.08. The van der Waals surface area contributed by atoms with Gasteiger partial charge in [-0.3, -0.25) is 4.90 Å². The van der Waals surface area contributed by atoms with Crippen LogP contribution >= 0.6 is 0 Å². The maximum Gasteiger partial charge on any atom is 0.0558 e. The predicted octanol–water partition coefficient (Wildman–Crippen LogP) is 0.833. The van der Waals surface area contributed by atoms with Gasteiger partial charge in [0.05, 0.1) is 6.61 Å². The molecule has 0 aromatic rings. The SMILES string of the molecule is CCCNCCN(CCO)C1CCC1. The number of aliphatic hydroxyl groups excluding tert-OH is 1. The molecule has 0 aliphatic heterocycles. The van der Waals surface area contributed by atoms with Gasteiger partial charge in [0.25, 0.3) is 0 Å². The van der Waals surface area contributed by atoms with Crippen LogP contribution in [0.5, 0.6) is 0 Å². The van der Waals surface area contributed by atoms with E-state index in [9.17, 15) is 0 Å². The molecule has 2 N–H and O–H groups in total. The highest BCUT2D eigenvalue weighted by molar-refractivity contribution is 4.80. The number of nitrogens with zero attached hydrogens (tertiary/aromatic N) is 1. The molecule has 0 atom stereocenters. The molecule has 0 radical (unpaired) electrons. The minimum absolute atomic E-state index is 0.296. The fourth-order valence-corrected chi connectivity index (χ4v) is 1.88. The maximum atomic E-state index is 8.95. The Morgan fingerprint density at radius 1 is 1.29 bits per heavy atom. The normalized spacial score (nSPS) is 17.4. The molecule has 0 spiro atoms. The van der Waals surface area contributed by atoms with Gasteiger partial charge >= 0.3 is 0 Å². The smallest absolute Gasteiger partial charge is 0.0558 e. The molecule has 0 aromatic heterocycles. The van der Waals surface area contributed by atoms with Gasteiger partial charge in [0.1, 0.15) is 0 Å². The minimum atomic E-state index is 0.296. The van der Waals surface area contributed by atoms with Crippen LogP contribution in [-0.2, 0) is 0 Å². The zero-order valence-electron chi connectivity index (χ0n) is 9.34. The van der Waals surface area contributed by atoms with E-state index in [1.807, 2.05) is 0 Å². The summed E-state index contributed by atoms with van der Waals surface area (Å²) >= 11 is 0. The first-order valence-corrected chi connectivity index (χ1v) is 5.94. The molecule has 3 heteroatoms. The number of hydrogen-bond acceptors (Lipinski definition) is 3. The molecule has 0 bridgehead atoms. The van der Waals surface area contributed by atoms with Gasteiger partial charge in [-0.05, 0) is 25.8 Å². The first-order chi connectivity index (χ1) is 6.88. The van der Waals surface area contributed by atoms with Gasteiger partial charge in [-0.15, -0.1) is 0 Å². The van der Waals surface area contributed by atoms with Crippen molar-refractivity contribution in [2.24, 2.45) is 0 Å². The zero-order chi connectivity index (χ0) is 10.2. The Kier molecular flexibility index (Phi) is 6.15. The van der Waals surface area contributed by atoms with Crippen molar-refractivity contribution in [3.05, 3.63) is 0 Å². The number of nitrogens with one attached hydrogen (secondary N) is 1. The molecule has 14 heavy (non-hydrogen) atoms. The lowest BCUT2D eigenvalue weighted by atomic mass is 9.91. The molecular weight excluding hydrogens is 176 g/mol. The minimum Gasteiger partial charge on any atom is -0.395 e. The quantitative estimate of drug-likeness (QED) is 0.570. The summed E-state index contributed by atoms with van der Waals surface area (Å²) in [5.74, 6) is 0. The fourth-order valence-electron chi connectivity index (χ4n) is 1.88. The molecular formula is C11H24N2O. The van der Waals surface area contributed by atoms with Gasteiger partial charge in [-0.1, -0.05) is 13.3 Å². The van der Waals surface area contributed by atoms with Crippen LogP contribution < -0.4 is 5.32 Å². The average molecular weight is 200 g/mol. The highest BCUT2D eigenvalue weighted by atomic mass is 16.3. The molecule has 1 fully saturated rings. The van der Waals surface area contributed by atoms with Crippen LogP contribution in [-0.4, -0.2) is 48.8 Å². The monoisotopic (exact) mass is 200 g/mol. The first-order valence-electron chi connectivity index (χ1n) is 5.94. The van der Waals surface area contributed by atoms with Gasteiger partial charge in [0.15, 0.2) is 0 Å². The Bertz CT molecular complexity index is 137. The Morgan fingerprint density at radius 2 is 2.07 bits per heavy atom. The number of aliphatic hydroxyl groups is 1.